The molecule has 1 aromatic heterocycles. The SMILES string of the molecule is Cc1ccc(-c2nncc3cc(-c4cc(C(=O)NC5CC5)ccc4C)ccc23)cc1. The van der Waals surface area contributed by atoms with Crippen molar-refractivity contribution in [3.8, 4) is 22.4 Å². The second-order valence-corrected chi connectivity index (χ2v) is 8.14. The van der Waals surface area contributed by atoms with Crippen LogP contribution in [0.5, 0.6) is 0 Å². The molecule has 3 aromatic carbocycles. The highest BCUT2D eigenvalue weighted by atomic mass is 16.1. The zero-order valence-electron chi connectivity index (χ0n) is 17.1. The lowest BCUT2D eigenvalue weighted by atomic mass is 9.95. The van der Waals surface area contributed by atoms with Crippen LogP contribution in [0.15, 0.2) is 66.9 Å². The molecule has 1 N–H and O–H groups in total. The summed E-state index contributed by atoms with van der Waals surface area (Å²) in [6.07, 6.45) is 3.97. The fourth-order valence-corrected chi connectivity index (χ4v) is 3.75. The molecule has 1 heterocycles. The van der Waals surface area contributed by atoms with Gasteiger partial charge in [0.1, 0.15) is 5.69 Å². The number of carbonyl (C=O) groups is 1. The lowest BCUT2D eigenvalue weighted by molar-refractivity contribution is 0.0951. The van der Waals surface area contributed by atoms with Gasteiger partial charge in [-0.2, -0.15) is 5.10 Å². The lowest BCUT2D eigenvalue weighted by Crippen LogP contribution is -2.25. The number of amides is 1. The highest BCUT2D eigenvalue weighted by molar-refractivity contribution is 5.98. The van der Waals surface area contributed by atoms with Gasteiger partial charge in [-0.15, -0.1) is 5.10 Å². The molecule has 4 aromatic rings. The van der Waals surface area contributed by atoms with Crippen molar-refractivity contribution in [3.63, 3.8) is 0 Å². The van der Waals surface area contributed by atoms with E-state index in [1.165, 1.54) is 5.56 Å². The summed E-state index contributed by atoms with van der Waals surface area (Å²) in [5, 5.41) is 13.8. The molecule has 0 spiro atoms. The van der Waals surface area contributed by atoms with Gasteiger partial charge in [0.15, 0.2) is 0 Å². The fourth-order valence-electron chi connectivity index (χ4n) is 3.75. The normalized spacial score (nSPS) is 13.4. The number of aromatic nitrogens is 2. The Bertz CT molecular complexity index is 1260. The molecular formula is C26H23N3O. The number of aryl methyl sites for hydroxylation is 2. The van der Waals surface area contributed by atoms with Crippen LogP contribution in [0.2, 0.25) is 0 Å². The molecule has 0 aliphatic heterocycles. The molecule has 1 fully saturated rings. The zero-order chi connectivity index (χ0) is 20.7. The molecule has 1 aliphatic rings. The zero-order valence-corrected chi connectivity index (χ0v) is 17.1. The Morgan fingerprint density at radius 1 is 0.933 bits per heavy atom. The quantitative estimate of drug-likeness (QED) is 0.500. The Labute approximate surface area is 176 Å². The maximum absolute atomic E-state index is 12.5. The van der Waals surface area contributed by atoms with Crippen molar-refractivity contribution < 1.29 is 4.79 Å². The summed E-state index contributed by atoms with van der Waals surface area (Å²) in [6, 6.07) is 20.9. The summed E-state index contributed by atoms with van der Waals surface area (Å²) in [5.41, 5.74) is 7.14. The first kappa shape index (κ1) is 18.5. The van der Waals surface area contributed by atoms with Gasteiger partial charge in [0.05, 0.1) is 6.20 Å². The van der Waals surface area contributed by atoms with E-state index in [1.807, 2.05) is 18.2 Å². The minimum atomic E-state index is 0.00654. The maximum Gasteiger partial charge on any atom is 0.251 e. The number of carbonyl (C=O) groups excluding carboxylic acids is 1. The maximum atomic E-state index is 12.5. The Kier molecular flexibility index (Phi) is 4.55. The molecule has 1 saturated carbocycles. The summed E-state index contributed by atoms with van der Waals surface area (Å²) in [6.45, 7) is 4.15. The highest BCUT2D eigenvalue weighted by Crippen LogP contribution is 2.32. The van der Waals surface area contributed by atoms with Gasteiger partial charge < -0.3 is 5.32 Å². The fraction of sp³-hybridized carbons (Fsp3) is 0.192. The van der Waals surface area contributed by atoms with E-state index >= 15 is 0 Å². The van der Waals surface area contributed by atoms with Crippen LogP contribution in [0, 0.1) is 13.8 Å². The number of rotatable bonds is 4. The Balaban J connectivity index is 1.55. The van der Waals surface area contributed by atoms with E-state index in [2.05, 4.69) is 71.8 Å². The third-order valence-electron chi connectivity index (χ3n) is 5.71. The van der Waals surface area contributed by atoms with Crippen molar-refractivity contribution in [2.45, 2.75) is 32.7 Å². The largest absolute Gasteiger partial charge is 0.349 e. The smallest absolute Gasteiger partial charge is 0.251 e. The van der Waals surface area contributed by atoms with Crippen LogP contribution >= 0.6 is 0 Å². The van der Waals surface area contributed by atoms with Crippen molar-refractivity contribution in [1.29, 1.82) is 0 Å². The number of nitrogens with zero attached hydrogens (tertiary/aromatic N) is 2. The van der Waals surface area contributed by atoms with E-state index in [-0.39, 0.29) is 5.91 Å². The molecule has 5 rings (SSSR count). The van der Waals surface area contributed by atoms with Gasteiger partial charge in [0, 0.05) is 27.9 Å². The van der Waals surface area contributed by atoms with E-state index in [0.717, 1.165) is 51.6 Å². The van der Waals surface area contributed by atoms with Gasteiger partial charge in [0.25, 0.3) is 5.91 Å². The third kappa shape index (κ3) is 3.57. The molecule has 148 valence electrons. The molecule has 0 atom stereocenters. The molecule has 4 heteroatoms. The Hall–Kier alpha value is -3.53. The summed E-state index contributed by atoms with van der Waals surface area (Å²) in [5.74, 6) is 0.00654. The van der Waals surface area contributed by atoms with E-state index in [4.69, 9.17) is 0 Å². The first-order valence-electron chi connectivity index (χ1n) is 10.3. The monoisotopic (exact) mass is 393 g/mol. The average molecular weight is 393 g/mol. The van der Waals surface area contributed by atoms with Gasteiger partial charge >= 0.3 is 0 Å². The standard InChI is InChI=1S/C26H23N3O/c1-16-3-6-18(7-4-16)25-23-12-9-19(13-21(23)15-27-29-25)24-14-20(8-5-17(24)2)26(30)28-22-10-11-22/h3-9,12-15,22H,10-11H2,1-2H3,(H,28,30). The number of nitrogens with one attached hydrogen (secondary N) is 1. The van der Waals surface area contributed by atoms with Crippen LogP contribution in [0.25, 0.3) is 33.2 Å². The van der Waals surface area contributed by atoms with E-state index in [9.17, 15) is 4.79 Å². The van der Waals surface area contributed by atoms with Gasteiger partial charge in [-0.25, -0.2) is 0 Å². The third-order valence-corrected chi connectivity index (χ3v) is 5.71. The molecule has 1 aliphatic carbocycles. The molecule has 0 saturated heterocycles. The predicted octanol–water partition coefficient (Wildman–Crippen LogP) is 5.47. The van der Waals surface area contributed by atoms with Crippen molar-refractivity contribution >= 4 is 16.7 Å². The molecule has 1 amide bonds. The van der Waals surface area contributed by atoms with Crippen LogP contribution in [0.1, 0.15) is 34.3 Å². The van der Waals surface area contributed by atoms with Crippen LogP contribution < -0.4 is 5.32 Å². The second kappa shape index (κ2) is 7.38. The number of hydrogen-bond acceptors (Lipinski definition) is 3. The Morgan fingerprint density at radius 3 is 2.47 bits per heavy atom. The van der Waals surface area contributed by atoms with Crippen molar-refractivity contribution in [3.05, 3.63) is 83.6 Å². The van der Waals surface area contributed by atoms with Crippen molar-refractivity contribution in [2.24, 2.45) is 0 Å². The summed E-state index contributed by atoms with van der Waals surface area (Å²) < 4.78 is 0. The molecule has 0 radical (unpaired) electrons. The Morgan fingerprint density at radius 2 is 1.70 bits per heavy atom. The molecule has 0 unspecified atom stereocenters. The van der Waals surface area contributed by atoms with Gasteiger partial charge in [-0.05, 0) is 61.6 Å². The lowest BCUT2D eigenvalue weighted by Gasteiger charge is -2.11. The first-order valence-corrected chi connectivity index (χ1v) is 10.3. The highest BCUT2D eigenvalue weighted by Gasteiger charge is 2.24. The van der Waals surface area contributed by atoms with Crippen molar-refractivity contribution in [1.82, 2.24) is 15.5 Å². The van der Waals surface area contributed by atoms with Crippen molar-refractivity contribution in [2.75, 3.05) is 0 Å². The molecule has 0 bridgehead atoms. The first-order chi connectivity index (χ1) is 14.6. The van der Waals surface area contributed by atoms with Crippen LogP contribution in [0.4, 0.5) is 0 Å². The summed E-state index contributed by atoms with van der Waals surface area (Å²) in [7, 11) is 0. The van der Waals surface area contributed by atoms with Gasteiger partial charge in [0.2, 0.25) is 0 Å². The predicted molar refractivity (Wildman–Crippen MR) is 120 cm³/mol. The summed E-state index contributed by atoms with van der Waals surface area (Å²) in [4.78, 5) is 12.5. The van der Waals surface area contributed by atoms with Crippen LogP contribution in [0.3, 0.4) is 0 Å². The molecule has 30 heavy (non-hydrogen) atoms. The summed E-state index contributed by atoms with van der Waals surface area (Å²) >= 11 is 0. The second-order valence-electron chi connectivity index (χ2n) is 8.14. The number of benzene rings is 3. The van der Waals surface area contributed by atoms with Crippen LogP contribution in [-0.2, 0) is 0 Å². The minimum absolute atomic E-state index is 0.00654. The topological polar surface area (TPSA) is 54.9 Å². The number of fused-ring (bicyclic) bond motifs is 1. The van der Waals surface area contributed by atoms with E-state index in [1.54, 1.807) is 6.20 Å². The molecule has 4 nitrogen and oxygen atoms in total. The van der Waals surface area contributed by atoms with Gasteiger partial charge in [-0.1, -0.05) is 48.0 Å². The van der Waals surface area contributed by atoms with Gasteiger partial charge in [-0.3, -0.25) is 4.79 Å². The van der Waals surface area contributed by atoms with Crippen LogP contribution in [-0.4, -0.2) is 22.1 Å². The van der Waals surface area contributed by atoms with E-state index in [0.29, 0.717) is 11.6 Å². The average Bonchev–Trinajstić information content (AvgIpc) is 3.58. The minimum Gasteiger partial charge on any atom is -0.349 e. The van der Waals surface area contributed by atoms with E-state index < -0.39 is 0 Å². The number of hydrogen-bond donors (Lipinski definition) is 1. The molecular weight excluding hydrogens is 370 g/mol.